The number of sulfonamides is 1. The van der Waals surface area contributed by atoms with Gasteiger partial charge in [-0.05, 0) is 45.2 Å². The van der Waals surface area contributed by atoms with Crippen LogP contribution < -0.4 is 5.32 Å². The van der Waals surface area contributed by atoms with Gasteiger partial charge in [-0.3, -0.25) is 0 Å². The topological polar surface area (TPSA) is 84.7 Å². The lowest BCUT2D eigenvalue weighted by molar-refractivity contribution is 0.0718. The minimum absolute atomic E-state index is 0.00725. The summed E-state index contributed by atoms with van der Waals surface area (Å²) >= 11 is 0. The number of hydrogen-bond donors (Lipinski definition) is 1. The van der Waals surface area contributed by atoms with Gasteiger partial charge in [-0.15, -0.1) is 0 Å². The summed E-state index contributed by atoms with van der Waals surface area (Å²) in [5.41, 5.74) is 0.435. The zero-order valence-electron chi connectivity index (χ0n) is 14.0. The van der Waals surface area contributed by atoms with Crippen molar-refractivity contribution in [3.8, 4) is 0 Å². The average molecular weight is 343 g/mol. The van der Waals surface area contributed by atoms with E-state index in [1.165, 1.54) is 0 Å². The molecular formula is C15H25N3O4S. The summed E-state index contributed by atoms with van der Waals surface area (Å²) in [6.07, 6.45) is 1.96. The predicted octanol–water partition coefficient (Wildman–Crippen LogP) is 0.928. The third kappa shape index (κ3) is 2.82. The summed E-state index contributed by atoms with van der Waals surface area (Å²) in [7, 11) is -1.90. The molecule has 0 aromatic carbocycles. The zero-order chi connectivity index (χ0) is 16.7. The van der Waals surface area contributed by atoms with E-state index >= 15 is 0 Å². The molecule has 2 aliphatic heterocycles. The smallest absolute Gasteiger partial charge is 0.248 e. The number of rotatable bonds is 4. The Bertz CT molecular complexity index is 645. The average Bonchev–Trinajstić information content (AvgIpc) is 3.03. The van der Waals surface area contributed by atoms with Crippen molar-refractivity contribution in [2.75, 3.05) is 39.9 Å². The number of nitrogens with zero attached hydrogens (tertiary/aromatic N) is 2. The van der Waals surface area contributed by atoms with E-state index in [9.17, 15) is 8.42 Å². The summed E-state index contributed by atoms with van der Waals surface area (Å²) in [4.78, 5) is 0.222. The van der Waals surface area contributed by atoms with Crippen molar-refractivity contribution < 1.29 is 17.7 Å². The van der Waals surface area contributed by atoms with Gasteiger partial charge in [0.05, 0.1) is 6.61 Å². The highest BCUT2D eigenvalue weighted by Gasteiger charge is 2.50. The maximum Gasteiger partial charge on any atom is 0.248 e. The van der Waals surface area contributed by atoms with E-state index < -0.39 is 10.0 Å². The van der Waals surface area contributed by atoms with E-state index in [1.807, 2.05) is 0 Å². The highest BCUT2D eigenvalue weighted by molar-refractivity contribution is 7.89. The number of nitrogens with one attached hydrogen (secondary N) is 1. The summed E-state index contributed by atoms with van der Waals surface area (Å²) in [6, 6.07) is 0. The van der Waals surface area contributed by atoms with Crippen LogP contribution in [-0.2, 0) is 14.8 Å². The van der Waals surface area contributed by atoms with Crippen LogP contribution in [0.15, 0.2) is 9.42 Å². The molecule has 2 fully saturated rings. The van der Waals surface area contributed by atoms with Crippen LogP contribution in [0.1, 0.15) is 24.3 Å². The Morgan fingerprint density at radius 2 is 2.09 bits per heavy atom. The fraction of sp³-hybridized carbons (Fsp3) is 0.800. The van der Waals surface area contributed by atoms with Crippen molar-refractivity contribution in [3.05, 3.63) is 11.5 Å². The molecule has 7 nitrogen and oxygen atoms in total. The largest absolute Gasteiger partial charge is 0.384 e. The molecule has 0 aliphatic carbocycles. The monoisotopic (exact) mass is 343 g/mol. The summed E-state index contributed by atoms with van der Waals surface area (Å²) < 4.78 is 38.2. The number of methoxy groups -OCH3 is 1. The Morgan fingerprint density at radius 3 is 2.65 bits per heavy atom. The van der Waals surface area contributed by atoms with E-state index in [0.29, 0.717) is 31.2 Å². The molecule has 0 saturated carbocycles. The van der Waals surface area contributed by atoms with Gasteiger partial charge in [-0.2, -0.15) is 4.31 Å². The Kier molecular flexibility index (Phi) is 4.52. The number of ether oxygens (including phenoxy) is 1. The maximum atomic E-state index is 13.1. The molecule has 0 bridgehead atoms. The first-order valence-corrected chi connectivity index (χ1v) is 9.47. The molecule has 1 aromatic heterocycles. The van der Waals surface area contributed by atoms with Gasteiger partial charge in [0, 0.05) is 26.1 Å². The highest BCUT2D eigenvalue weighted by atomic mass is 32.2. The van der Waals surface area contributed by atoms with Crippen molar-refractivity contribution in [3.63, 3.8) is 0 Å². The van der Waals surface area contributed by atoms with Crippen LogP contribution in [-0.4, -0.2) is 57.8 Å². The molecular weight excluding hydrogens is 318 g/mol. The molecule has 8 heteroatoms. The molecule has 1 spiro atoms. The quantitative estimate of drug-likeness (QED) is 0.875. The molecule has 0 amide bonds. The van der Waals surface area contributed by atoms with Gasteiger partial charge in [0.1, 0.15) is 10.6 Å². The Balaban J connectivity index is 1.92. The van der Waals surface area contributed by atoms with Crippen LogP contribution in [0.5, 0.6) is 0 Å². The Morgan fingerprint density at radius 1 is 1.39 bits per heavy atom. The standard InChI is InChI=1S/C15H25N3O4S/c1-11-14(12(2)22-17-11)23(19,20)18-8-13(9-21-3)15(10-18)4-6-16-7-5-15/h13,16H,4-10H2,1-3H3. The second kappa shape index (κ2) is 6.16. The summed E-state index contributed by atoms with van der Waals surface area (Å²) in [6.45, 7) is 6.82. The van der Waals surface area contributed by atoms with Crippen molar-refractivity contribution in [2.45, 2.75) is 31.6 Å². The van der Waals surface area contributed by atoms with Crippen molar-refractivity contribution in [1.82, 2.24) is 14.8 Å². The van der Waals surface area contributed by atoms with E-state index in [4.69, 9.17) is 9.26 Å². The van der Waals surface area contributed by atoms with E-state index in [1.54, 1.807) is 25.3 Å². The van der Waals surface area contributed by atoms with Crippen LogP contribution >= 0.6 is 0 Å². The highest BCUT2D eigenvalue weighted by Crippen LogP contribution is 2.45. The van der Waals surface area contributed by atoms with Crippen LogP contribution in [0, 0.1) is 25.2 Å². The minimum atomic E-state index is -3.58. The van der Waals surface area contributed by atoms with Gasteiger partial charge in [0.2, 0.25) is 10.0 Å². The normalized spacial score (nSPS) is 25.3. The van der Waals surface area contributed by atoms with Crippen LogP contribution in [0.4, 0.5) is 0 Å². The molecule has 1 atom stereocenters. The molecule has 1 N–H and O–H groups in total. The van der Waals surface area contributed by atoms with Crippen LogP contribution in [0.25, 0.3) is 0 Å². The molecule has 2 aliphatic rings. The SMILES string of the molecule is COCC1CN(S(=O)(=O)c2c(C)noc2C)CC12CCNCC2. The first-order chi connectivity index (χ1) is 10.9. The number of aromatic nitrogens is 1. The number of hydrogen-bond acceptors (Lipinski definition) is 6. The second-order valence-electron chi connectivity index (χ2n) is 6.72. The molecule has 2 saturated heterocycles. The van der Waals surface area contributed by atoms with Crippen molar-refractivity contribution in [1.29, 1.82) is 0 Å². The van der Waals surface area contributed by atoms with Gasteiger partial charge >= 0.3 is 0 Å². The van der Waals surface area contributed by atoms with Gasteiger partial charge in [-0.1, -0.05) is 5.16 Å². The molecule has 0 radical (unpaired) electrons. The van der Waals surface area contributed by atoms with Crippen molar-refractivity contribution >= 4 is 10.0 Å². The first kappa shape index (κ1) is 16.9. The number of aryl methyl sites for hydroxylation is 2. The lowest BCUT2D eigenvalue weighted by Crippen LogP contribution is -2.43. The van der Waals surface area contributed by atoms with Crippen LogP contribution in [0.2, 0.25) is 0 Å². The predicted molar refractivity (Wildman–Crippen MR) is 84.6 cm³/mol. The fourth-order valence-electron chi connectivity index (χ4n) is 4.06. The molecule has 3 heterocycles. The van der Waals surface area contributed by atoms with Gasteiger partial charge in [0.15, 0.2) is 5.76 Å². The van der Waals surface area contributed by atoms with Gasteiger partial charge in [0.25, 0.3) is 0 Å². The first-order valence-electron chi connectivity index (χ1n) is 8.03. The summed E-state index contributed by atoms with van der Waals surface area (Å²) in [5, 5.41) is 7.16. The minimum Gasteiger partial charge on any atom is -0.384 e. The fourth-order valence-corrected chi connectivity index (χ4v) is 5.93. The van der Waals surface area contributed by atoms with Gasteiger partial charge < -0.3 is 14.6 Å². The van der Waals surface area contributed by atoms with Crippen molar-refractivity contribution in [2.24, 2.45) is 11.3 Å². The maximum absolute atomic E-state index is 13.1. The third-order valence-electron chi connectivity index (χ3n) is 5.31. The van der Waals surface area contributed by atoms with E-state index in [2.05, 4.69) is 10.5 Å². The molecule has 23 heavy (non-hydrogen) atoms. The van der Waals surface area contributed by atoms with Gasteiger partial charge in [-0.25, -0.2) is 8.42 Å². The lowest BCUT2D eigenvalue weighted by atomic mass is 9.71. The molecule has 3 rings (SSSR count). The third-order valence-corrected chi connectivity index (χ3v) is 7.37. The Hall–Kier alpha value is -0.960. The zero-order valence-corrected chi connectivity index (χ0v) is 14.8. The Labute approximate surface area is 137 Å². The lowest BCUT2D eigenvalue weighted by Gasteiger charge is -2.38. The molecule has 130 valence electrons. The molecule has 1 aromatic rings. The van der Waals surface area contributed by atoms with E-state index in [0.717, 1.165) is 25.9 Å². The number of piperidine rings is 1. The summed E-state index contributed by atoms with van der Waals surface area (Å²) in [5.74, 6) is 0.585. The van der Waals surface area contributed by atoms with E-state index in [-0.39, 0.29) is 16.2 Å². The molecule has 1 unspecified atom stereocenters. The second-order valence-corrected chi connectivity index (χ2v) is 8.59. The van der Waals surface area contributed by atoms with Crippen LogP contribution in [0.3, 0.4) is 0 Å².